The molecular weight excluding hydrogens is 450 g/mol. The van der Waals surface area contributed by atoms with E-state index < -0.39 is 6.09 Å². The lowest BCUT2D eigenvalue weighted by atomic mass is 9.88. The van der Waals surface area contributed by atoms with E-state index in [-0.39, 0.29) is 5.41 Å². The minimum atomic E-state index is -0.940. The SMILES string of the molecule is CC(C)(C)c1c(CCSC(=S)NCCc2c[nH]c3ccccc23)c2ccccc2n1C(=O)O. The lowest BCUT2D eigenvalue weighted by Gasteiger charge is -2.22. The quantitative estimate of drug-likeness (QED) is 0.282. The third kappa shape index (κ3) is 4.94. The van der Waals surface area contributed by atoms with Gasteiger partial charge in [-0.25, -0.2) is 9.36 Å². The summed E-state index contributed by atoms with van der Waals surface area (Å²) in [4.78, 5) is 15.4. The van der Waals surface area contributed by atoms with E-state index in [0.29, 0.717) is 0 Å². The van der Waals surface area contributed by atoms with Crippen molar-refractivity contribution in [1.29, 1.82) is 0 Å². The van der Waals surface area contributed by atoms with Crippen molar-refractivity contribution in [3.63, 3.8) is 0 Å². The predicted octanol–water partition coefficient (Wildman–Crippen LogP) is 6.34. The first-order valence-corrected chi connectivity index (χ1v) is 12.5. The first-order chi connectivity index (χ1) is 15.8. The summed E-state index contributed by atoms with van der Waals surface area (Å²) in [5.41, 5.74) is 4.83. The van der Waals surface area contributed by atoms with E-state index in [1.165, 1.54) is 15.5 Å². The van der Waals surface area contributed by atoms with Crippen molar-refractivity contribution >= 4 is 56.2 Å². The number of carbonyl (C=O) groups is 1. The number of benzene rings is 2. The average Bonchev–Trinajstić information content (AvgIpc) is 3.33. The molecule has 0 aliphatic carbocycles. The number of carboxylic acid groups (broad SMARTS) is 1. The molecule has 0 aliphatic heterocycles. The zero-order valence-electron chi connectivity index (χ0n) is 19.1. The zero-order valence-corrected chi connectivity index (χ0v) is 20.8. The number of nitrogens with zero attached hydrogens (tertiary/aromatic N) is 1. The van der Waals surface area contributed by atoms with E-state index in [1.54, 1.807) is 11.8 Å². The van der Waals surface area contributed by atoms with Gasteiger partial charge in [0.15, 0.2) is 0 Å². The fourth-order valence-electron chi connectivity index (χ4n) is 4.48. The summed E-state index contributed by atoms with van der Waals surface area (Å²) < 4.78 is 2.22. The van der Waals surface area contributed by atoms with Gasteiger partial charge in [0.2, 0.25) is 0 Å². The van der Waals surface area contributed by atoms with Crippen LogP contribution in [0.25, 0.3) is 21.8 Å². The second-order valence-electron chi connectivity index (χ2n) is 9.13. The molecule has 0 saturated heterocycles. The number of hydrogen-bond acceptors (Lipinski definition) is 3. The van der Waals surface area contributed by atoms with Crippen LogP contribution in [0.1, 0.15) is 37.6 Å². The Bertz CT molecular complexity index is 1310. The van der Waals surface area contributed by atoms with Crippen LogP contribution in [-0.4, -0.2) is 37.4 Å². The van der Waals surface area contributed by atoms with Crippen LogP contribution in [0, 0.1) is 0 Å². The Labute approximate surface area is 203 Å². The highest BCUT2D eigenvalue weighted by molar-refractivity contribution is 8.22. The highest BCUT2D eigenvalue weighted by atomic mass is 32.2. The predicted molar refractivity (Wildman–Crippen MR) is 143 cm³/mol. The number of aromatic amines is 1. The fourth-order valence-corrected chi connectivity index (χ4v) is 5.53. The van der Waals surface area contributed by atoms with Gasteiger partial charge in [-0.2, -0.15) is 0 Å². The van der Waals surface area contributed by atoms with Crippen LogP contribution in [0.2, 0.25) is 0 Å². The van der Waals surface area contributed by atoms with Crippen LogP contribution >= 0.6 is 24.0 Å². The van der Waals surface area contributed by atoms with Gasteiger partial charge in [-0.05, 0) is 36.1 Å². The van der Waals surface area contributed by atoms with Gasteiger partial charge in [0.1, 0.15) is 4.32 Å². The Kier molecular flexibility index (Phi) is 6.81. The number of thiocarbonyl (C=S) groups is 1. The third-order valence-corrected chi connectivity index (χ3v) is 7.12. The molecule has 0 fully saturated rings. The molecule has 0 bridgehead atoms. The van der Waals surface area contributed by atoms with E-state index in [1.807, 2.05) is 30.3 Å². The van der Waals surface area contributed by atoms with Crippen molar-refractivity contribution in [3.8, 4) is 0 Å². The summed E-state index contributed by atoms with van der Waals surface area (Å²) in [6, 6.07) is 16.1. The second-order valence-corrected chi connectivity index (χ2v) is 10.9. The molecular formula is C26H29N3O2S2. The molecule has 0 aliphatic rings. The summed E-state index contributed by atoms with van der Waals surface area (Å²) in [5, 5.41) is 15.5. The molecule has 4 aromatic rings. The van der Waals surface area contributed by atoms with Crippen LogP contribution in [0.15, 0.2) is 54.7 Å². The fraction of sp³-hybridized carbons (Fsp3) is 0.308. The molecule has 7 heteroatoms. The van der Waals surface area contributed by atoms with Crippen LogP contribution in [0.3, 0.4) is 0 Å². The number of aryl methyl sites for hydroxylation is 1. The molecule has 2 heterocycles. The number of thioether (sulfide) groups is 1. The molecule has 172 valence electrons. The highest BCUT2D eigenvalue weighted by Gasteiger charge is 2.28. The number of aromatic nitrogens is 2. The summed E-state index contributed by atoms with van der Waals surface area (Å²) in [7, 11) is 0. The molecule has 5 nitrogen and oxygen atoms in total. The van der Waals surface area contributed by atoms with Gasteiger partial charge in [-0.15, -0.1) is 0 Å². The van der Waals surface area contributed by atoms with E-state index in [2.05, 4.69) is 55.5 Å². The number of hydrogen-bond donors (Lipinski definition) is 3. The van der Waals surface area contributed by atoms with Gasteiger partial charge < -0.3 is 15.4 Å². The molecule has 33 heavy (non-hydrogen) atoms. The summed E-state index contributed by atoms with van der Waals surface area (Å²) >= 11 is 7.17. The van der Waals surface area contributed by atoms with Gasteiger partial charge in [0.05, 0.1) is 5.52 Å². The van der Waals surface area contributed by atoms with Gasteiger partial charge in [0.25, 0.3) is 0 Å². The van der Waals surface area contributed by atoms with Crippen molar-refractivity contribution in [2.75, 3.05) is 12.3 Å². The monoisotopic (exact) mass is 479 g/mol. The Hall–Kier alpha value is -2.77. The number of nitrogens with one attached hydrogen (secondary N) is 2. The Morgan fingerprint density at radius 3 is 2.52 bits per heavy atom. The largest absolute Gasteiger partial charge is 0.464 e. The van der Waals surface area contributed by atoms with Crippen LogP contribution in [-0.2, 0) is 18.3 Å². The smallest absolute Gasteiger partial charge is 0.416 e. The highest BCUT2D eigenvalue weighted by Crippen LogP contribution is 2.35. The van der Waals surface area contributed by atoms with Crippen LogP contribution in [0.5, 0.6) is 0 Å². The third-order valence-electron chi connectivity index (χ3n) is 5.81. The molecule has 0 spiro atoms. The molecule has 2 aromatic carbocycles. The van der Waals surface area contributed by atoms with E-state index in [0.717, 1.165) is 57.1 Å². The van der Waals surface area contributed by atoms with Crippen molar-refractivity contribution < 1.29 is 9.90 Å². The molecule has 2 aromatic heterocycles. The normalized spacial score (nSPS) is 11.8. The lowest BCUT2D eigenvalue weighted by Crippen LogP contribution is -2.24. The van der Waals surface area contributed by atoms with Crippen LogP contribution < -0.4 is 5.32 Å². The maximum Gasteiger partial charge on any atom is 0.416 e. The van der Waals surface area contributed by atoms with Crippen molar-refractivity contribution in [1.82, 2.24) is 14.9 Å². The molecule has 0 saturated carbocycles. The zero-order chi connectivity index (χ0) is 23.6. The first-order valence-electron chi connectivity index (χ1n) is 11.1. The van der Waals surface area contributed by atoms with Gasteiger partial charge in [-0.3, -0.25) is 0 Å². The molecule has 4 rings (SSSR count). The number of fused-ring (bicyclic) bond motifs is 2. The molecule has 0 atom stereocenters. The van der Waals surface area contributed by atoms with Crippen molar-refractivity contribution in [2.45, 2.75) is 39.0 Å². The second kappa shape index (κ2) is 9.61. The Morgan fingerprint density at radius 1 is 1.09 bits per heavy atom. The van der Waals surface area contributed by atoms with Gasteiger partial charge >= 0.3 is 6.09 Å². The van der Waals surface area contributed by atoms with E-state index >= 15 is 0 Å². The minimum Gasteiger partial charge on any atom is -0.464 e. The number of para-hydroxylation sites is 2. The topological polar surface area (TPSA) is 70.0 Å². The molecule has 0 radical (unpaired) electrons. The van der Waals surface area contributed by atoms with E-state index in [9.17, 15) is 9.90 Å². The number of rotatable bonds is 6. The van der Waals surface area contributed by atoms with E-state index in [4.69, 9.17) is 12.2 Å². The lowest BCUT2D eigenvalue weighted by molar-refractivity contribution is 0.195. The van der Waals surface area contributed by atoms with Gasteiger partial charge in [0, 0.05) is 45.9 Å². The Balaban J connectivity index is 1.40. The Morgan fingerprint density at radius 2 is 1.79 bits per heavy atom. The molecule has 3 N–H and O–H groups in total. The number of H-pyrrole nitrogens is 1. The molecule has 0 amide bonds. The minimum absolute atomic E-state index is 0.296. The summed E-state index contributed by atoms with van der Waals surface area (Å²) in [5.74, 6) is 0.787. The van der Waals surface area contributed by atoms with Crippen molar-refractivity contribution in [2.24, 2.45) is 0 Å². The maximum absolute atomic E-state index is 12.1. The van der Waals surface area contributed by atoms with Gasteiger partial charge in [-0.1, -0.05) is 81.1 Å². The average molecular weight is 480 g/mol. The summed E-state index contributed by atoms with van der Waals surface area (Å²) in [6.45, 7) is 6.97. The first kappa shape index (κ1) is 23.4. The van der Waals surface area contributed by atoms with Crippen molar-refractivity contribution in [3.05, 3.63) is 71.5 Å². The standard InChI is InChI=1S/C26H29N3O2S2/c1-26(2,3)23-20(19-9-5-7-11-22(19)29(23)25(30)31)13-15-33-24(32)27-14-12-17-16-28-21-10-6-4-8-18(17)21/h4-11,16,28H,12-15H2,1-3H3,(H,27,32)(H,30,31). The van der Waals surface area contributed by atoms with Crippen LogP contribution in [0.4, 0.5) is 4.79 Å². The maximum atomic E-state index is 12.1. The molecule has 0 unspecified atom stereocenters. The summed E-state index contributed by atoms with van der Waals surface area (Å²) in [6.07, 6.45) is 2.77.